The Morgan fingerprint density at radius 2 is 2.25 bits per heavy atom. The van der Waals surface area contributed by atoms with Crippen LogP contribution < -0.4 is 10.6 Å². The highest BCUT2D eigenvalue weighted by atomic mass is 19.1. The Hall–Kier alpha value is -0.930. The monoisotopic (exact) mass is 222 g/mol. The van der Waals surface area contributed by atoms with E-state index in [0.29, 0.717) is 12.6 Å². The second-order valence-electron chi connectivity index (χ2n) is 4.35. The lowest BCUT2D eigenvalue weighted by atomic mass is 10.1. The number of benzene rings is 1. The van der Waals surface area contributed by atoms with E-state index in [0.717, 1.165) is 25.1 Å². The average molecular weight is 222 g/mol. The number of halogens is 1. The van der Waals surface area contributed by atoms with E-state index in [9.17, 15) is 4.39 Å². The summed E-state index contributed by atoms with van der Waals surface area (Å²) >= 11 is 0. The van der Waals surface area contributed by atoms with Crippen molar-refractivity contribution in [2.24, 2.45) is 0 Å². The van der Waals surface area contributed by atoms with Gasteiger partial charge in [-0.1, -0.05) is 18.2 Å². The lowest BCUT2D eigenvalue weighted by Crippen LogP contribution is -2.27. The first-order chi connectivity index (χ1) is 7.86. The van der Waals surface area contributed by atoms with Crippen molar-refractivity contribution in [3.05, 3.63) is 35.6 Å². The molecule has 0 aromatic heterocycles. The molecule has 1 aliphatic rings. The topological polar surface area (TPSA) is 24.1 Å². The zero-order valence-corrected chi connectivity index (χ0v) is 9.51. The summed E-state index contributed by atoms with van der Waals surface area (Å²) in [6, 6.07) is 7.60. The Bertz CT molecular complexity index is 321. The Balaban J connectivity index is 1.66. The molecule has 1 aliphatic heterocycles. The third-order valence-electron chi connectivity index (χ3n) is 3.11. The number of hydrogen-bond acceptors (Lipinski definition) is 2. The van der Waals surface area contributed by atoms with Crippen molar-refractivity contribution >= 4 is 0 Å². The van der Waals surface area contributed by atoms with E-state index in [2.05, 4.69) is 10.6 Å². The number of nitrogens with one attached hydrogen (secondary N) is 2. The molecule has 0 bridgehead atoms. The van der Waals surface area contributed by atoms with Crippen LogP contribution in [0.2, 0.25) is 0 Å². The summed E-state index contributed by atoms with van der Waals surface area (Å²) in [7, 11) is 0. The van der Waals surface area contributed by atoms with Crippen LogP contribution in [0.15, 0.2) is 24.3 Å². The van der Waals surface area contributed by atoms with E-state index in [4.69, 9.17) is 0 Å². The predicted octanol–water partition coefficient (Wildman–Crippen LogP) is 2.06. The molecule has 0 amide bonds. The van der Waals surface area contributed by atoms with Gasteiger partial charge < -0.3 is 10.6 Å². The van der Waals surface area contributed by atoms with Crippen molar-refractivity contribution in [2.45, 2.75) is 31.8 Å². The fraction of sp³-hybridized carbons (Fsp3) is 0.538. The van der Waals surface area contributed by atoms with Gasteiger partial charge in [0.25, 0.3) is 0 Å². The molecule has 1 unspecified atom stereocenters. The fourth-order valence-corrected chi connectivity index (χ4v) is 2.14. The molecule has 1 heterocycles. The zero-order chi connectivity index (χ0) is 11.2. The van der Waals surface area contributed by atoms with Crippen LogP contribution in [0.25, 0.3) is 0 Å². The maximum atomic E-state index is 13.3. The quantitative estimate of drug-likeness (QED) is 0.745. The van der Waals surface area contributed by atoms with Crippen molar-refractivity contribution in [1.82, 2.24) is 10.6 Å². The van der Waals surface area contributed by atoms with Crippen LogP contribution in [0, 0.1) is 5.82 Å². The normalized spacial score (nSPS) is 20.2. The van der Waals surface area contributed by atoms with Crippen molar-refractivity contribution in [3.63, 3.8) is 0 Å². The molecule has 2 nitrogen and oxygen atoms in total. The molecule has 1 fully saturated rings. The lowest BCUT2D eigenvalue weighted by molar-refractivity contribution is 0.516. The molecule has 0 aliphatic carbocycles. The smallest absolute Gasteiger partial charge is 0.127 e. The van der Waals surface area contributed by atoms with Crippen molar-refractivity contribution in [3.8, 4) is 0 Å². The maximum absolute atomic E-state index is 13.3. The van der Waals surface area contributed by atoms with Crippen molar-refractivity contribution < 1.29 is 4.39 Å². The van der Waals surface area contributed by atoms with Gasteiger partial charge in [-0.2, -0.15) is 0 Å². The molecule has 88 valence electrons. The van der Waals surface area contributed by atoms with E-state index >= 15 is 0 Å². The fourth-order valence-electron chi connectivity index (χ4n) is 2.14. The van der Waals surface area contributed by atoms with Crippen LogP contribution in [0.1, 0.15) is 24.8 Å². The molecule has 0 saturated carbocycles. The molecule has 1 aromatic rings. The molecule has 0 spiro atoms. The summed E-state index contributed by atoms with van der Waals surface area (Å²) in [5, 5.41) is 6.74. The second kappa shape index (κ2) is 5.97. The first-order valence-electron chi connectivity index (χ1n) is 6.04. The molecule has 2 rings (SSSR count). The van der Waals surface area contributed by atoms with Crippen molar-refractivity contribution in [2.75, 3.05) is 13.1 Å². The predicted molar refractivity (Wildman–Crippen MR) is 63.7 cm³/mol. The molecule has 16 heavy (non-hydrogen) atoms. The first kappa shape index (κ1) is 11.6. The average Bonchev–Trinajstić information content (AvgIpc) is 2.79. The molecule has 2 N–H and O–H groups in total. The van der Waals surface area contributed by atoms with Crippen LogP contribution in [-0.2, 0) is 6.54 Å². The largest absolute Gasteiger partial charge is 0.314 e. The Morgan fingerprint density at radius 3 is 3.00 bits per heavy atom. The number of hydrogen-bond donors (Lipinski definition) is 2. The minimum Gasteiger partial charge on any atom is -0.314 e. The molecule has 1 atom stereocenters. The lowest BCUT2D eigenvalue weighted by Gasteiger charge is -2.10. The van der Waals surface area contributed by atoms with Gasteiger partial charge in [-0.25, -0.2) is 4.39 Å². The van der Waals surface area contributed by atoms with E-state index < -0.39 is 0 Å². The van der Waals surface area contributed by atoms with Gasteiger partial charge in [-0.05, 0) is 38.4 Å². The van der Waals surface area contributed by atoms with Gasteiger partial charge in [0.2, 0.25) is 0 Å². The van der Waals surface area contributed by atoms with Gasteiger partial charge >= 0.3 is 0 Å². The molecular weight excluding hydrogens is 203 g/mol. The molecule has 1 saturated heterocycles. The van der Waals surface area contributed by atoms with Crippen LogP contribution in [-0.4, -0.2) is 19.1 Å². The van der Waals surface area contributed by atoms with Gasteiger partial charge in [0.05, 0.1) is 0 Å². The van der Waals surface area contributed by atoms with Gasteiger partial charge in [0.1, 0.15) is 5.82 Å². The van der Waals surface area contributed by atoms with E-state index in [1.165, 1.54) is 18.9 Å². The van der Waals surface area contributed by atoms with Crippen molar-refractivity contribution in [1.29, 1.82) is 0 Å². The SMILES string of the molecule is Fc1ccccc1CNCCC1CCCN1. The van der Waals surface area contributed by atoms with Gasteiger partial charge in [0.15, 0.2) is 0 Å². The zero-order valence-electron chi connectivity index (χ0n) is 9.51. The second-order valence-corrected chi connectivity index (χ2v) is 4.35. The van der Waals surface area contributed by atoms with Gasteiger partial charge in [-0.3, -0.25) is 0 Å². The maximum Gasteiger partial charge on any atom is 0.127 e. The Labute approximate surface area is 96.2 Å². The summed E-state index contributed by atoms with van der Waals surface area (Å²) in [6.07, 6.45) is 3.70. The van der Waals surface area contributed by atoms with E-state index in [1.807, 2.05) is 12.1 Å². The summed E-state index contributed by atoms with van der Waals surface area (Å²) in [5.41, 5.74) is 0.752. The van der Waals surface area contributed by atoms with Crippen LogP contribution >= 0.6 is 0 Å². The minimum atomic E-state index is -0.117. The highest BCUT2D eigenvalue weighted by Gasteiger charge is 2.12. The first-order valence-corrected chi connectivity index (χ1v) is 6.04. The van der Waals surface area contributed by atoms with Crippen LogP contribution in [0.3, 0.4) is 0 Å². The Morgan fingerprint density at radius 1 is 1.38 bits per heavy atom. The summed E-state index contributed by atoms with van der Waals surface area (Å²) < 4.78 is 13.3. The summed E-state index contributed by atoms with van der Waals surface area (Å²) in [4.78, 5) is 0. The number of rotatable bonds is 5. The van der Waals surface area contributed by atoms with Crippen LogP contribution in [0.4, 0.5) is 4.39 Å². The standard InChI is InChI=1S/C13H19FN2/c14-13-6-2-1-4-11(13)10-15-9-7-12-5-3-8-16-12/h1-2,4,6,12,15-16H,3,5,7-10H2. The Kier molecular flexibility index (Phi) is 4.31. The van der Waals surface area contributed by atoms with Crippen LogP contribution in [0.5, 0.6) is 0 Å². The molecular formula is C13H19FN2. The summed E-state index contributed by atoms with van der Waals surface area (Å²) in [6.45, 7) is 2.73. The van der Waals surface area contributed by atoms with E-state index in [1.54, 1.807) is 6.07 Å². The van der Waals surface area contributed by atoms with Gasteiger partial charge in [0, 0.05) is 18.2 Å². The highest BCUT2D eigenvalue weighted by molar-refractivity contribution is 5.16. The van der Waals surface area contributed by atoms with E-state index in [-0.39, 0.29) is 5.82 Å². The third kappa shape index (κ3) is 3.29. The molecule has 0 radical (unpaired) electrons. The minimum absolute atomic E-state index is 0.117. The molecule has 1 aromatic carbocycles. The van der Waals surface area contributed by atoms with Gasteiger partial charge in [-0.15, -0.1) is 0 Å². The summed E-state index contributed by atoms with van der Waals surface area (Å²) in [5.74, 6) is -0.117. The third-order valence-corrected chi connectivity index (χ3v) is 3.11. The molecule has 3 heteroatoms. The highest BCUT2D eigenvalue weighted by Crippen LogP contribution is 2.08.